The van der Waals surface area contributed by atoms with E-state index >= 15 is 0 Å². The van der Waals surface area contributed by atoms with E-state index in [0.29, 0.717) is 0 Å². The third-order valence-electron chi connectivity index (χ3n) is 14.8. The lowest BCUT2D eigenvalue weighted by molar-refractivity contribution is 0.0450. The SMILES string of the molecule is CCC(C)C(C)C(C)C(C)C(C)C(C)C(C)C1C2C1C21CC2C1C21CCC1C1CCCC1. The van der Waals surface area contributed by atoms with E-state index < -0.39 is 0 Å². The normalized spacial score (nSPS) is 52.1. The molecule has 32 heavy (non-hydrogen) atoms. The number of rotatable bonds is 9. The summed E-state index contributed by atoms with van der Waals surface area (Å²) in [4.78, 5) is 0. The van der Waals surface area contributed by atoms with Gasteiger partial charge < -0.3 is 0 Å². The average Bonchev–Trinajstić information content (AvgIpc) is 3.69. The molecule has 6 aliphatic rings. The molecule has 0 bridgehead atoms. The summed E-state index contributed by atoms with van der Waals surface area (Å²) in [6.45, 7) is 20.4. The molecule has 0 aromatic heterocycles. The van der Waals surface area contributed by atoms with Crippen LogP contribution < -0.4 is 0 Å². The maximum Gasteiger partial charge on any atom is -0.0190 e. The van der Waals surface area contributed by atoms with Crippen molar-refractivity contribution >= 4 is 0 Å². The second-order valence-electron chi connectivity index (χ2n) is 14.9. The molecule has 0 aromatic rings. The Morgan fingerprint density at radius 3 is 1.84 bits per heavy atom. The Labute approximate surface area is 200 Å². The molecule has 6 saturated carbocycles. The van der Waals surface area contributed by atoms with Crippen LogP contribution >= 0.6 is 0 Å². The molecule has 0 amide bonds. The molecule has 0 aliphatic heterocycles. The smallest absolute Gasteiger partial charge is 0.0190 e. The van der Waals surface area contributed by atoms with E-state index in [9.17, 15) is 0 Å². The first kappa shape index (κ1) is 22.5. The van der Waals surface area contributed by atoms with Crippen molar-refractivity contribution < 1.29 is 0 Å². The molecular weight excluding hydrogens is 384 g/mol. The molecular formula is C32H54. The van der Waals surface area contributed by atoms with Crippen molar-refractivity contribution in [3.63, 3.8) is 0 Å². The van der Waals surface area contributed by atoms with Gasteiger partial charge >= 0.3 is 0 Å². The molecule has 182 valence electrons. The van der Waals surface area contributed by atoms with Gasteiger partial charge in [-0.05, 0) is 113 Å². The van der Waals surface area contributed by atoms with Crippen molar-refractivity contribution in [1.29, 1.82) is 0 Å². The third kappa shape index (κ3) is 2.63. The van der Waals surface area contributed by atoms with Crippen molar-refractivity contribution in [2.75, 3.05) is 0 Å². The van der Waals surface area contributed by atoms with Crippen LogP contribution in [0.15, 0.2) is 0 Å². The van der Waals surface area contributed by atoms with Gasteiger partial charge in [0.1, 0.15) is 0 Å². The van der Waals surface area contributed by atoms with Crippen LogP contribution in [0.25, 0.3) is 0 Å². The Morgan fingerprint density at radius 1 is 0.688 bits per heavy atom. The highest BCUT2D eigenvalue weighted by atomic mass is 15.0. The molecule has 0 heterocycles. The first-order valence-electron chi connectivity index (χ1n) is 15.2. The Hall–Kier alpha value is 0. The number of fused-ring (bicyclic) bond motifs is 7. The summed E-state index contributed by atoms with van der Waals surface area (Å²) in [5, 5.41) is 0. The fraction of sp³-hybridized carbons (Fsp3) is 1.00. The van der Waals surface area contributed by atoms with Crippen LogP contribution in [0.3, 0.4) is 0 Å². The molecule has 13 atom stereocenters. The zero-order valence-corrected chi connectivity index (χ0v) is 22.7. The molecule has 0 nitrogen and oxygen atoms in total. The molecule has 0 radical (unpaired) electrons. The van der Waals surface area contributed by atoms with Crippen molar-refractivity contribution in [3.8, 4) is 0 Å². The molecule has 2 spiro atoms. The second-order valence-corrected chi connectivity index (χ2v) is 14.9. The zero-order chi connectivity index (χ0) is 22.7. The van der Waals surface area contributed by atoms with E-state index in [1.165, 1.54) is 36.0 Å². The first-order valence-corrected chi connectivity index (χ1v) is 15.2. The topological polar surface area (TPSA) is 0 Å². The lowest BCUT2D eigenvalue weighted by atomic mass is 9.61. The van der Waals surface area contributed by atoms with Crippen LogP contribution in [0.1, 0.15) is 107 Å². The van der Waals surface area contributed by atoms with Crippen LogP contribution in [0.5, 0.6) is 0 Å². The summed E-state index contributed by atoms with van der Waals surface area (Å²) in [7, 11) is 0. The Kier molecular flexibility index (Phi) is 5.09. The van der Waals surface area contributed by atoms with Gasteiger partial charge in [0.15, 0.2) is 0 Å². The van der Waals surface area contributed by atoms with Crippen molar-refractivity contribution in [2.24, 2.45) is 93.7 Å². The minimum absolute atomic E-state index is 0.847. The Bertz CT molecular complexity index is 720. The predicted molar refractivity (Wildman–Crippen MR) is 136 cm³/mol. The highest BCUT2D eigenvalue weighted by Gasteiger charge is 2.99. The van der Waals surface area contributed by atoms with Gasteiger partial charge in [-0.1, -0.05) is 87.5 Å². The van der Waals surface area contributed by atoms with Crippen molar-refractivity contribution in [3.05, 3.63) is 0 Å². The lowest BCUT2D eigenvalue weighted by Gasteiger charge is -2.44. The minimum Gasteiger partial charge on any atom is -0.0651 e. The van der Waals surface area contributed by atoms with Crippen LogP contribution in [-0.2, 0) is 0 Å². The molecule has 0 heteroatoms. The van der Waals surface area contributed by atoms with E-state index in [2.05, 4.69) is 55.4 Å². The van der Waals surface area contributed by atoms with Gasteiger partial charge in [0.2, 0.25) is 0 Å². The molecule has 0 saturated heterocycles. The van der Waals surface area contributed by atoms with E-state index in [-0.39, 0.29) is 0 Å². The van der Waals surface area contributed by atoms with Crippen LogP contribution in [-0.4, -0.2) is 0 Å². The zero-order valence-electron chi connectivity index (χ0n) is 22.7. The van der Waals surface area contributed by atoms with Gasteiger partial charge in [-0.2, -0.15) is 0 Å². The van der Waals surface area contributed by atoms with Gasteiger partial charge in [-0.3, -0.25) is 0 Å². The van der Waals surface area contributed by atoms with Gasteiger partial charge in [0.05, 0.1) is 0 Å². The maximum atomic E-state index is 2.66. The molecule has 6 aliphatic carbocycles. The van der Waals surface area contributed by atoms with Crippen molar-refractivity contribution in [2.45, 2.75) is 107 Å². The van der Waals surface area contributed by atoms with E-state index in [4.69, 9.17) is 0 Å². The summed E-state index contributed by atoms with van der Waals surface area (Å²) >= 11 is 0. The summed E-state index contributed by atoms with van der Waals surface area (Å²) in [6, 6.07) is 0. The van der Waals surface area contributed by atoms with E-state index in [0.717, 1.165) is 64.1 Å². The van der Waals surface area contributed by atoms with Gasteiger partial charge in [0, 0.05) is 0 Å². The first-order chi connectivity index (χ1) is 15.2. The fourth-order valence-corrected chi connectivity index (χ4v) is 11.5. The Balaban J connectivity index is 1.04. The largest absolute Gasteiger partial charge is 0.0651 e. The monoisotopic (exact) mass is 438 g/mol. The van der Waals surface area contributed by atoms with Crippen LogP contribution in [0.2, 0.25) is 0 Å². The highest BCUT2D eigenvalue weighted by molar-refractivity contribution is 5.46. The van der Waals surface area contributed by atoms with E-state index in [1.807, 2.05) is 0 Å². The van der Waals surface area contributed by atoms with Gasteiger partial charge in [0.25, 0.3) is 0 Å². The minimum atomic E-state index is 0.847. The molecule has 13 unspecified atom stereocenters. The average molecular weight is 439 g/mol. The fourth-order valence-electron chi connectivity index (χ4n) is 11.5. The second kappa shape index (κ2) is 7.26. The van der Waals surface area contributed by atoms with Gasteiger partial charge in [-0.15, -0.1) is 0 Å². The lowest BCUT2D eigenvalue weighted by Crippen LogP contribution is -2.37. The quantitative estimate of drug-likeness (QED) is 0.337. The van der Waals surface area contributed by atoms with Crippen LogP contribution in [0, 0.1) is 93.7 Å². The molecule has 0 aromatic carbocycles. The number of hydrogen-bond acceptors (Lipinski definition) is 0. The number of hydrogen-bond donors (Lipinski definition) is 0. The maximum absolute atomic E-state index is 2.66. The Morgan fingerprint density at radius 2 is 1.28 bits per heavy atom. The molecule has 6 rings (SSSR count). The summed E-state index contributed by atoms with van der Waals surface area (Å²) in [6.07, 6.45) is 12.5. The standard InChI is InChI=1S/C32H54/c1-9-17(2)18(3)19(4)20(5)21(6)22(7)23(8)27-28-29(27)32(28)16-26-30(32)31(26)15-14-25(31)24-12-10-11-13-24/h17-30H,9-16H2,1-8H3. The third-order valence-corrected chi connectivity index (χ3v) is 14.8. The highest BCUT2D eigenvalue weighted by Crippen LogP contribution is 3.03. The van der Waals surface area contributed by atoms with Crippen molar-refractivity contribution in [1.82, 2.24) is 0 Å². The molecule has 6 fully saturated rings. The van der Waals surface area contributed by atoms with Gasteiger partial charge in [-0.25, -0.2) is 0 Å². The van der Waals surface area contributed by atoms with Crippen LogP contribution in [0.4, 0.5) is 0 Å². The summed E-state index contributed by atoms with van der Waals surface area (Å²) < 4.78 is 0. The predicted octanol–water partition coefficient (Wildman–Crippen LogP) is 8.95. The summed E-state index contributed by atoms with van der Waals surface area (Å²) in [5.41, 5.74) is 1.85. The molecule has 0 N–H and O–H groups in total. The summed E-state index contributed by atoms with van der Waals surface area (Å²) in [5.74, 6) is 14.4. The van der Waals surface area contributed by atoms with E-state index in [1.54, 1.807) is 44.9 Å².